The first-order valence-corrected chi connectivity index (χ1v) is 6.36. The van der Waals surface area contributed by atoms with Crippen molar-refractivity contribution >= 4 is 23.1 Å². The van der Waals surface area contributed by atoms with E-state index in [1.165, 1.54) is 0 Å². The fourth-order valence-corrected chi connectivity index (χ4v) is 2.04. The molecular formula is C15H17N2O2. The van der Waals surface area contributed by atoms with Crippen LogP contribution in [0.5, 0.6) is 0 Å². The highest BCUT2D eigenvalue weighted by molar-refractivity contribution is 5.99. The molecule has 1 aromatic carbocycles. The summed E-state index contributed by atoms with van der Waals surface area (Å²) >= 11 is 0. The summed E-state index contributed by atoms with van der Waals surface area (Å²) in [4.78, 5) is 26.0. The molecule has 2 rings (SSSR count). The summed E-state index contributed by atoms with van der Waals surface area (Å²) in [5.41, 5.74) is 1.54. The maximum absolute atomic E-state index is 12.1. The quantitative estimate of drug-likeness (QED) is 0.864. The lowest BCUT2D eigenvalue weighted by Gasteiger charge is -2.14. The third kappa shape index (κ3) is 3.22. The molecule has 1 radical (unpaired) electrons. The van der Waals surface area contributed by atoms with Crippen LogP contribution in [0.4, 0.5) is 0 Å². The molecule has 1 aromatic heterocycles. The van der Waals surface area contributed by atoms with Crippen molar-refractivity contribution in [3.63, 3.8) is 0 Å². The second kappa shape index (κ2) is 5.69. The summed E-state index contributed by atoms with van der Waals surface area (Å²) in [5.74, 6) is 0.0935. The lowest BCUT2D eigenvalue weighted by Crippen LogP contribution is -2.36. The summed E-state index contributed by atoms with van der Waals surface area (Å²) in [6.45, 7) is 4.00. The highest BCUT2D eigenvalue weighted by atomic mass is 16.2. The summed E-state index contributed by atoms with van der Waals surface area (Å²) in [6.07, 6.45) is 4.30. The summed E-state index contributed by atoms with van der Waals surface area (Å²) in [6, 6.07) is 6.76. The Labute approximate surface area is 112 Å². The molecule has 2 aromatic rings. The van der Waals surface area contributed by atoms with Gasteiger partial charge in [-0.15, -0.1) is 0 Å². The minimum absolute atomic E-state index is 0.239. The van der Waals surface area contributed by atoms with E-state index >= 15 is 0 Å². The maximum atomic E-state index is 12.1. The normalized spacial score (nSPS) is 12.6. The lowest BCUT2D eigenvalue weighted by molar-refractivity contribution is 0.0943. The van der Waals surface area contributed by atoms with Crippen molar-refractivity contribution in [1.82, 2.24) is 10.3 Å². The third-order valence-electron chi connectivity index (χ3n) is 2.97. The van der Waals surface area contributed by atoms with Crippen LogP contribution in [-0.2, 0) is 4.79 Å². The van der Waals surface area contributed by atoms with Gasteiger partial charge in [-0.05, 0) is 36.6 Å². The molecule has 1 heterocycles. The van der Waals surface area contributed by atoms with Crippen LogP contribution in [0.1, 0.15) is 30.6 Å². The van der Waals surface area contributed by atoms with E-state index in [1.807, 2.05) is 38.5 Å². The van der Waals surface area contributed by atoms with Gasteiger partial charge in [0.15, 0.2) is 0 Å². The number of carbonyl (C=O) groups is 1. The largest absolute Gasteiger partial charge is 0.361 e. The molecule has 2 N–H and O–H groups in total. The molecule has 0 aliphatic carbocycles. The van der Waals surface area contributed by atoms with Crippen LogP contribution in [0, 0.1) is 5.92 Å². The van der Waals surface area contributed by atoms with Gasteiger partial charge in [-0.3, -0.25) is 9.59 Å². The number of amides is 1. The average Bonchev–Trinajstić information content (AvgIpc) is 2.84. The molecule has 0 saturated heterocycles. The van der Waals surface area contributed by atoms with Crippen molar-refractivity contribution in [3.05, 3.63) is 36.0 Å². The summed E-state index contributed by atoms with van der Waals surface area (Å²) < 4.78 is 0. The van der Waals surface area contributed by atoms with E-state index in [0.717, 1.165) is 10.9 Å². The second-order valence-electron chi connectivity index (χ2n) is 5.05. The minimum atomic E-state index is -0.547. The summed E-state index contributed by atoms with van der Waals surface area (Å²) in [7, 11) is 0. The number of aromatic nitrogens is 1. The predicted molar refractivity (Wildman–Crippen MR) is 74.7 cm³/mol. The monoisotopic (exact) mass is 257 g/mol. The Bertz CT molecular complexity index is 587. The number of hydrogen-bond acceptors (Lipinski definition) is 2. The molecule has 4 nitrogen and oxygen atoms in total. The van der Waals surface area contributed by atoms with Crippen molar-refractivity contribution in [2.45, 2.75) is 26.3 Å². The number of rotatable bonds is 5. The van der Waals surface area contributed by atoms with Crippen molar-refractivity contribution in [1.29, 1.82) is 0 Å². The van der Waals surface area contributed by atoms with Gasteiger partial charge in [-0.2, -0.15) is 0 Å². The van der Waals surface area contributed by atoms with Crippen LogP contribution in [-0.4, -0.2) is 23.2 Å². The molecule has 0 fully saturated rings. The van der Waals surface area contributed by atoms with E-state index in [1.54, 1.807) is 12.1 Å². The Morgan fingerprint density at radius 3 is 2.84 bits per heavy atom. The van der Waals surface area contributed by atoms with Crippen molar-refractivity contribution < 1.29 is 9.59 Å². The molecule has 1 atom stereocenters. The molecule has 1 amide bonds. The Kier molecular flexibility index (Phi) is 4.00. The van der Waals surface area contributed by atoms with Gasteiger partial charge in [-0.1, -0.05) is 13.8 Å². The number of fused-ring (bicyclic) bond motifs is 1. The van der Waals surface area contributed by atoms with E-state index in [9.17, 15) is 9.59 Å². The smallest absolute Gasteiger partial charge is 0.251 e. The number of carbonyl (C=O) groups excluding carboxylic acids is 2. The molecule has 0 aliphatic heterocycles. The van der Waals surface area contributed by atoms with Crippen LogP contribution in [0.25, 0.3) is 10.9 Å². The van der Waals surface area contributed by atoms with E-state index in [2.05, 4.69) is 10.3 Å². The first-order chi connectivity index (χ1) is 9.10. The zero-order valence-corrected chi connectivity index (χ0v) is 11.1. The SMILES string of the molecule is CC(C)C[C@@H]([C]=O)NC(=O)c1ccc2[nH]ccc2c1. The molecule has 19 heavy (non-hydrogen) atoms. The number of benzene rings is 1. The van der Waals surface area contributed by atoms with Gasteiger partial charge in [0.25, 0.3) is 5.91 Å². The molecule has 4 heteroatoms. The molecule has 0 aliphatic rings. The van der Waals surface area contributed by atoms with E-state index < -0.39 is 6.04 Å². The molecule has 0 bridgehead atoms. The fourth-order valence-electron chi connectivity index (χ4n) is 2.04. The number of nitrogens with one attached hydrogen (secondary N) is 2. The number of aromatic amines is 1. The molecule has 0 spiro atoms. The zero-order chi connectivity index (χ0) is 13.8. The van der Waals surface area contributed by atoms with Gasteiger partial charge in [0.2, 0.25) is 6.29 Å². The van der Waals surface area contributed by atoms with Crippen LogP contribution < -0.4 is 5.32 Å². The molecule has 0 unspecified atom stereocenters. The molecule has 99 valence electrons. The Morgan fingerprint density at radius 2 is 2.16 bits per heavy atom. The highest BCUT2D eigenvalue weighted by Crippen LogP contribution is 2.14. The van der Waals surface area contributed by atoms with Gasteiger partial charge < -0.3 is 10.3 Å². The number of hydrogen-bond donors (Lipinski definition) is 2. The molecular weight excluding hydrogens is 240 g/mol. The Balaban J connectivity index is 2.11. The maximum Gasteiger partial charge on any atom is 0.251 e. The fraction of sp³-hybridized carbons (Fsp3) is 0.333. The van der Waals surface area contributed by atoms with Crippen LogP contribution in [0.15, 0.2) is 30.5 Å². The number of H-pyrrole nitrogens is 1. The predicted octanol–water partition coefficient (Wildman–Crippen LogP) is 2.42. The highest BCUT2D eigenvalue weighted by Gasteiger charge is 2.15. The van der Waals surface area contributed by atoms with Gasteiger partial charge in [0.1, 0.15) is 0 Å². The van der Waals surface area contributed by atoms with E-state index in [-0.39, 0.29) is 5.91 Å². The minimum Gasteiger partial charge on any atom is -0.361 e. The lowest BCUT2D eigenvalue weighted by atomic mass is 10.0. The topological polar surface area (TPSA) is 62.0 Å². The standard InChI is InChI=1S/C15H17N2O2/c1-10(2)7-13(9-18)17-15(19)12-3-4-14-11(8-12)5-6-16-14/h3-6,8,10,13,16H,7H2,1-2H3,(H,17,19)/t13-/m0/s1. The first kappa shape index (κ1) is 13.3. The van der Waals surface area contributed by atoms with Crippen LogP contribution in [0.2, 0.25) is 0 Å². The Hall–Kier alpha value is -2.10. The van der Waals surface area contributed by atoms with Gasteiger partial charge in [0.05, 0.1) is 6.04 Å². The van der Waals surface area contributed by atoms with Crippen LogP contribution >= 0.6 is 0 Å². The van der Waals surface area contributed by atoms with Crippen molar-refractivity contribution in [2.24, 2.45) is 5.92 Å². The zero-order valence-electron chi connectivity index (χ0n) is 11.1. The summed E-state index contributed by atoms with van der Waals surface area (Å²) in [5, 5.41) is 3.67. The van der Waals surface area contributed by atoms with E-state index in [0.29, 0.717) is 17.9 Å². The average molecular weight is 257 g/mol. The van der Waals surface area contributed by atoms with E-state index in [4.69, 9.17) is 0 Å². The van der Waals surface area contributed by atoms with Gasteiger partial charge in [-0.25, -0.2) is 0 Å². The van der Waals surface area contributed by atoms with Gasteiger partial charge >= 0.3 is 0 Å². The first-order valence-electron chi connectivity index (χ1n) is 6.36. The second-order valence-corrected chi connectivity index (χ2v) is 5.05. The van der Waals surface area contributed by atoms with Crippen molar-refractivity contribution in [2.75, 3.05) is 0 Å². The van der Waals surface area contributed by atoms with Crippen LogP contribution in [0.3, 0.4) is 0 Å². The third-order valence-corrected chi connectivity index (χ3v) is 2.97. The molecule has 0 saturated carbocycles. The Morgan fingerprint density at radius 1 is 1.37 bits per heavy atom. The van der Waals surface area contributed by atoms with Crippen molar-refractivity contribution in [3.8, 4) is 0 Å². The van der Waals surface area contributed by atoms with Gasteiger partial charge in [0, 0.05) is 22.7 Å².